The fourth-order valence-corrected chi connectivity index (χ4v) is 3.90. The Hall–Kier alpha value is -2.67. The number of anilines is 1. The zero-order valence-electron chi connectivity index (χ0n) is 14.8. The first kappa shape index (κ1) is 17.7. The highest BCUT2D eigenvalue weighted by Gasteiger charge is 2.19. The van der Waals surface area contributed by atoms with Crippen LogP contribution in [0.1, 0.15) is 24.5 Å². The lowest BCUT2D eigenvalue weighted by atomic mass is 10.1. The van der Waals surface area contributed by atoms with Gasteiger partial charge in [0.1, 0.15) is 5.82 Å². The molecule has 0 radical (unpaired) electrons. The van der Waals surface area contributed by atoms with E-state index >= 15 is 0 Å². The Kier molecular flexibility index (Phi) is 4.94. The van der Waals surface area contributed by atoms with Crippen LogP contribution in [0.4, 0.5) is 10.1 Å². The summed E-state index contributed by atoms with van der Waals surface area (Å²) in [6.45, 7) is 1.80. The molecule has 2 aromatic carbocycles. The first-order valence-corrected chi connectivity index (χ1v) is 9.75. The number of carbonyl (C=O) groups excluding carboxylic acids is 1. The minimum absolute atomic E-state index is 0.116. The molecular weight excluding hydrogens is 363 g/mol. The third kappa shape index (κ3) is 3.88. The van der Waals surface area contributed by atoms with Crippen LogP contribution in [0.5, 0.6) is 0 Å². The summed E-state index contributed by atoms with van der Waals surface area (Å²) in [5.41, 5.74) is 3.86. The van der Waals surface area contributed by atoms with Crippen molar-refractivity contribution in [3.8, 4) is 11.4 Å². The van der Waals surface area contributed by atoms with Gasteiger partial charge in [-0.2, -0.15) is 0 Å². The quantitative estimate of drug-likeness (QED) is 0.648. The summed E-state index contributed by atoms with van der Waals surface area (Å²) in [4.78, 5) is 16.8. The van der Waals surface area contributed by atoms with Crippen molar-refractivity contribution < 1.29 is 9.18 Å². The Morgan fingerprint density at radius 3 is 2.89 bits per heavy atom. The Morgan fingerprint density at radius 1 is 1.22 bits per heavy atom. The van der Waals surface area contributed by atoms with Crippen molar-refractivity contribution in [2.24, 2.45) is 0 Å². The van der Waals surface area contributed by atoms with Gasteiger partial charge in [0.05, 0.1) is 10.8 Å². The summed E-state index contributed by atoms with van der Waals surface area (Å²) in [6.07, 6.45) is 3.36. The average Bonchev–Trinajstić information content (AvgIpc) is 3.31. The second-order valence-corrected chi connectivity index (χ2v) is 7.84. The lowest BCUT2D eigenvalue weighted by Crippen LogP contribution is -2.22. The molecule has 138 valence electrons. The molecule has 0 aliphatic heterocycles. The maximum absolute atomic E-state index is 13.9. The molecule has 1 heterocycles. The van der Waals surface area contributed by atoms with Crippen LogP contribution in [-0.2, 0) is 17.6 Å². The Labute approximate surface area is 160 Å². The zero-order valence-corrected chi connectivity index (χ0v) is 15.6. The van der Waals surface area contributed by atoms with E-state index in [9.17, 15) is 9.18 Å². The fraction of sp³-hybridized carbons (Fsp3) is 0.250. The van der Waals surface area contributed by atoms with Crippen molar-refractivity contribution in [2.75, 3.05) is 5.32 Å². The highest BCUT2D eigenvalue weighted by molar-refractivity contribution is 8.00. The minimum atomic E-state index is -0.387. The largest absolute Gasteiger partial charge is 0.325 e. The van der Waals surface area contributed by atoms with Crippen LogP contribution in [0.15, 0.2) is 47.6 Å². The molecule has 5 nitrogen and oxygen atoms in total. The number of aromatic nitrogens is 3. The number of hydrogen-bond donors (Lipinski definition) is 2. The van der Waals surface area contributed by atoms with E-state index in [1.807, 2.05) is 6.07 Å². The molecule has 3 aromatic rings. The van der Waals surface area contributed by atoms with Gasteiger partial charge in [0.15, 0.2) is 5.82 Å². The van der Waals surface area contributed by atoms with Gasteiger partial charge in [-0.1, -0.05) is 30.0 Å². The summed E-state index contributed by atoms with van der Waals surface area (Å²) in [5.74, 6) is -0.135. The number of amides is 1. The molecule has 2 N–H and O–H groups in total. The molecule has 1 aromatic heterocycles. The first-order valence-electron chi connectivity index (χ1n) is 8.87. The first-order chi connectivity index (χ1) is 13.1. The van der Waals surface area contributed by atoms with Gasteiger partial charge < -0.3 is 5.32 Å². The van der Waals surface area contributed by atoms with E-state index < -0.39 is 0 Å². The maximum Gasteiger partial charge on any atom is 0.237 e. The highest BCUT2D eigenvalue weighted by Crippen LogP contribution is 2.27. The third-order valence-electron chi connectivity index (χ3n) is 4.61. The molecular formula is C20H19FN4OS. The van der Waals surface area contributed by atoms with E-state index in [2.05, 4.69) is 32.6 Å². The number of fused-ring (bicyclic) bond motifs is 1. The number of nitrogens with one attached hydrogen (secondary N) is 2. The number of halogens is 1. The van der Waals surface area contributed by atoms with E-state index in [4.69, 9.17) is 0 Å². The van der Waals surface area contributed by atoms with Gasteiger partial charge in [0, 0.05) is 5.69 Å². The van der Waals surface area contributed by atoms with Crippen LogP contribution in [0, 0.1) is 5.82 Å². The summed E-state index contributed by atoms with van der Waals surface area (Å²) < 4.78 is 13.9. The Balaban J connectivity index is 1.41. The Morgan fingerprint density at radius 2 is 2.04 bits per heavy atom. The Bertz CT molecular complexity index is 988. The molecule has 7 heteroatoms. The molecule has 0 fully saturated rings. The van der Waals surface area contributed by atoms with Crippen LogP contribution in [0.3, 0.4) is 0 Å². The van der Waals surface area contributed by atoms with Crippen LogP contribution in [0.2, 0.25) is 0 Å². The number of benzene rings is 2. The smallest absolute Gasteiger partial charge is 0.237 e. The molecule has 1 aliphatic carbocycles. The lowest BCUT2D eigenvalue weighted by molar-refractivity contribution is -0.115. The molecule has 0 saturated carbocycles. The van der Waals surface area contributed by atoms with E-state index in [-0.39, 0.29) is 17.0 Å². The molecule has 0 bridgehead atoms. The van der Waals surface area contributed by atoms with Crippen molar-refractivity contribution in [3.05, 3.63) is 59.4 Å². The van der Waals surface area contributed by atoms with Gasteiger partial charge in [-0.25, -0.2) is 9.37 Å². The number of thioether (sulfide) groups is 1. The van der Waals surface area contributed by atoms with E-state index in [0.717, 1.165) is 18.5 Å². The summed E-state index contributed by atoms with van der Waals surface area (Å²) in [7, 11) is 0. The van der Waals surface area contributed by atoms with Crippen LogP contribution in [-0.4, -0.2) is 26.3 Å². The molecule has 1 aliphatic rings. The van der Waals surface area contributed by atoms with Crippen molar-refractivity contribution in [1.29, 1.82) is 0 Å². The normalized spacial score (nSPS) is 14.0. The molecule has 4 rings (SSSR count). The van der Waals surface area contributed by atoms with Crippen LogP contribution in [0.25, 0.3) is 11.4 Å². The topological polar surface area (TPSA) is 70.7 Å². The fourth-order valence-electron chi connectivity index (χ4n) is 3.18. The van der Waals surface area contributed by atoms with Crippen molar-refractivity contribution in [2.45, 2.75) is 36.6 Å². The second kappa shape index (κ2) is 7.52. The van der Waals surface area contributed by atoms with Crippen LogP contribution >= 0.6 is 11.8 Å². The zero-order chi connectivity index (χ0) is 18.8. The number of hydrogen-bond acceptors (Lipinski definition) is 4. The number of aryl methyl sites for hydroxylation is 2. The van der Waals surface area contributed by atoms with Gasteiger partial charge >= 0.3 is 0 Å². The molecule has 0 saturated heterocycles. The van der Waals surface area contributed by atoms with E-state index in [1.165, 1.54) is 35.4 Å². The molecule has 1 atom stereocenters. The second-order valence-electron chi connectivity index (χ2n) is 6.53. The monoisotopic (exact) mass is 382 g/mol. The number of nitrogens with zero attached hydrogens (tertiary/aromatic N) is 2. The van der Waals surface area contributed by atoms with Gasteiger partial charge in [-0.3, -0.25) is 9.89 Å². The van der Waals surface area contributed by atoms with Crippen molar-refractivity contribution in [3.63, 3.8) is 0 Å². The summed E-state index contributed by atoms with van der Waals surface area (Å²) >= 11 is 1.23. The van der Waals surface area contributed by atoms with Gasteiger partial charge in [-0.15, -0.1) is 5.10 Å². The predicted molar refractivity (Wildman–Crippen MR) is 104 cm³/mol. The van der Waals surface area contributed by atoms with E-state index in [1.54, 1.807) is 25.1 Å². The number of H-pyrrole nitrogens is 1. The molecule has 0 unspecified atom stereocenters. The average molecular weight is 382 g/mol. The predicted octanol–water partition coefficient (Wildman–Crippen LogP) is 4.22. The number of carbonyl (C=O) groups is 1. The minimum Gasteiger partial charge on any atom is -0.325 e. The SMILES string of the molecule is C[C@@H](Sc1n[nH]c(-c2ccccc2F)n1)C(=O)Nc1ccc2c(c1)CCC2. The highest BCUT2D eigenvalue weighted by atomic mass is 32.2. The van der Waals surface area contributed by atoms with Gasteiger partial charge in [0.25, 0.3) is 0 Å². The van der Waals surface area contributed by atoms with Crippen molar-refractivity contribution >= 4 is 23.4 Å². The van der Waals surface area contributed by atoms with Gasteiger partial charge in [0.2, 0.25) is 11.1 Å². The number of rotatable bonds is 5. The van der Waals surface area contributed by atoms with Crippen molar-refractivity contribution in [1.82, 2.24) is 15.2 Å². The van der Waals surface area contributed by atoms with E-state index in [0.29, 0.717) is 16.5 Å². The third-order valence-corrected chi connectivity index (χ3v) is 5.57. The standard InChI is InChI=1S/C20H19FN4OS/c1-12(19(26)22-15-10-9-13-5-4-6-14(13)11-15)27-20-23-18(24-25-20)16-7-2-3-8-17(16)21/h2-3,7-12H,4-6H2,1H3,(H,22,26)(H,23,24,25)/t12-/m1/s1. The van der Waals surface area contributed by atoms with Gasteiger partial charge in [-0.05, 0) is 61.6 Å². The maximum atomic E-state index is 13.9. The number of aromatic amines is 1. The molecule has 0 spiro atoms. The summed E-state index contributed by atoms with van der Waals surface area (Å²) in [5, 5.41) is 9.80. The van der Waals surface area contributed by atoms with Crippen LogP contribution < -0.4 is 5.32 Å². The lowest BCUT2D eigenvalue weighted by Gasteiger charge is -2.11. The molecule has 1 amide bonds. The molecule has 27 heavy (non-hydrogen) atoms. The summed E-state index contributed by atoms with van der Waals surface area (Å²) in [6, 6.07) is 12.5.